The molecule has 0 aromatic heterocycles. The van der Waals surface area contributed by atoms with Crippen LogP contribution in [0.5, 0.6) is 0 Å². The van der Waals surface area contributed by atoms with Gasteiger partial charge in [0.15, 0.2) is 0 Å². The molecule has 1 fully saturated rings. The van der Waals surface area contributed by atoms with Crippen molar-refractivity contribution in [2.24, 2.45) is 0 Å². The fourth-order valence-electron chi connectivity index (χ4n) is 1.56. The van der Waals surface area contributed by atoms with Gasteiger partial charge >= 0.3 is 6.18 Å². The molecule has 0 radical (unpaired) electrons. The van der Waals surface area contributed by atoms with Crippen LogP contribution in [-0.2, 0) is 6.18 Å². The molecule has 4 heteroatoms. The number of benzene rings is 1. The largest absolute Gasteiger partial charge is 0.416 e. The lowest BCUT2D eigenvalue weighted by molar-refractivity contribution is -0.137. The molecule has 0 nitrogen and oxygen atoms in total. The molecule has 2 rings (SSSR count). The summed E-state index contributed by atoms with van der Waals surface area (Å²) in [6, 6.07) is 4.38. The van der Waals surface area contributed by atoms with E-state index in [0.29, 0.717) is 10.8 Å². The maximum Gasteiger partial charge on any atom is 0.416 e. The maximum atomic E-state index is 12.6. The Hall–Kier alpha value is -0.640. The van der Waals surface area contributed by atoms with Gasteiger partial charge in [-0.15, -0.1) is 11.8 Å². The van der Waals surface area contributed by atoms with Crippen molar-refractivity contribution in [2.45, 2.75) is 29.8 Å². The van der Waals surface area contributed by atoms with Crippen LogP contribution in [0, 0.1) is 0 Å². The van der Waals surface area contributed by atoms with Gasteiger partial charge in [0.25, 0.3) is 0 Å². The molecule has 15 heavy (non-hydrogen) atoms. The first kappa shape index (κ1) is 10.9. The normalized spacial score (nSPS) is 16.8. The van der Waals surface area contributed by atoms with E-state index in [1.54, 1.807) is 6.26 Å². The zero-order chi connectivity index (χ0) is 11.1. The molecule has 0 N–H and O–H groups in total. The molecule has 0 saturated heterocycles. The van der Waals surface area contributed by atoms with Crippen molar-refractivity contribution in [2.75, 3.05) is 6.26 Å². The lowest BCUT2D eigenvalue weighted by atomic mass is 10.1. The van der Waals surface area contributed by atoms with Gasteiger partial charge in [-0.2, -0.15) is 13.2 Å². The van der Waals surface area contributed by atoms with Gasteiger partial charge in [-0.25, -0.2) is 0 Å². The first-order valence-electron chi connectivity index (χ1n) is 4.77. The third-order valence-electron chi connectivity index (χ3n) is 2.54. The Kier molecular flexibility index (Phi) is 2.71. The number of alkyl halides is 3. The van der Waals surface area contributed by atoms with E-state index in [1.165, 1.54) is 23.9 Å². The smallest absolute Gasteiger partial charge is 0.166 e. The Bertz CT molecular complexity index is 367. The maximum absolute atomic E-state index is 12.6. The first-order chi connectivity index (χ1) is 7.00. The lowest BCUT2D eigenvalue weighted by Crippen LogP contribution is -2.05. The third kappa shape index (κ3) is 2.48. The zero-order valence-corrected chi connectivity index (χ0v) is 9.08. The highest BCUT2D eigenvalue weighted by molar-refractivity contribution is 7.98. The van der Waals surface area contributed by atoms with Gasteiger partial charge < -0.3 is 0 Å². The van der Waals surface area contributed by atoms with Crippen LogP contribution in [0.15, 0.2) is 23.1 Å². The predicted molar refractivity (Wildman–Crippen MR) is 55.2 cm³/mol. The quantitative estimate of drug-likeness (QED) is 0.685. The van der Waals surface area contributed by atoms with Crippen molar-refractivity contribution < 1.29 is 13.2 Å². The number of rotatable bonds is 2. The summed E-state index contributed by atoms with van der Waals surface area (Å²) in [5.41, 5.74) is 0.324. The second-order valence-electron chi connectivity index (χ2n) is 3.77. The van der Waals surface area contributed by atoms with Crippen molar-refractivity contribution in [3.8, 4) is 0 Å². The van der Waals surface area contributed by atoms with E-state index in [1.807, 2.05) is 6.07 Å². The van der Waals surface area contributed by atoms with Crippen LogP contribution < -0.4 is 0 Å². The van der Waals surface area contributed by atoms with Crippen LogP contribution in [0.4, 0.5) is 13.2 Å². The van der Waals surface area contributed by atoms with E-state index in [4.69, 9.17) is 0 Å². The minimum atomic E-state index is -4.23. The van der Waals surface area contributed by atoms with Gasteiger partial charge in [0.1, 0.15) is 0 Å². The minimum Gasteiger partial charge on any atom is -0.166 e. The van der Waals surface area contributed by atoms with Crippen LogP contribution >= 0.6 is 11.8 Å². The molecule has 0 bridgehead atoms. The number of thioether (sulfide) groups is 1. The Morgan fingerprint density at radius 2 is 1.87 bits per heavy atom. The van der Waals surface area contributed by atoms with E-state index in [-0.39, 0.29) is 0 Å². The van der Waals surface area contributed by atoms with Crippen LogP contribution in [0.1, 0.15) is 29.9 Å². The van der Waals surface area contributed by atoms with Gasteiger partial charge in [-0.3, -0.25) is 0 Å². The fourth-order valence-corrected chi connectivity index (χ4v) is 2.05. The zero-order valence-electron chi connectivity index (χ0n) is 8.27. The molecule has 1 aliphatic rings. The number of hydrogen-bond donors (Lipinski definition) is 0. The molecule has 1 aromatic carbocycles. The summed E-state index contributed by atoms with van der Waals surface area (Å²) >= 11 is 1.36. The standard InChI is InChI=1S/C11H11F3S/c1-15-10-5-8(7-2-3-7)4-9(6-10)11(12,13)14/h4-7H,2-3H2,1H3. The van der Waals surface area contributed by atoms with Crippen LogP contribution in [0.2, 0.25) is 0 Å². The summed E-state index contributed by atoms with van der Waals surface area (Å²) in [6.07, 6.45) is -0.383. The molecule has 0 heterocycles. The second-order valence-corrected chi connectivity index (χ2v) is 4.65. The third-order valence-corrected chi connectivity index (χ3v) is 3.25. The van der Waals surface area contributed by atoms with Crippen LogP contribution in [0.3, 0.4) is 0 Å². The van der Waals surface area contributed by atoms with E-state index in [9.17, 15) is 13.2 Å². The lowest BCUT2D eigenvalue weighted by Gasteiger charge is -2.10. The summed E-state index contributed by atoms with van der Waals surface area (Å²) < 4.78 is 37.7. The Morgan fingerprint density at radius 1 is 1.20 bits per heavy atom. The molecule has 0 unspecified atom stereocenters. The van der Waals surface area contributed by atoms with E-state index in [2.05, 4.69) is 0 Å². The summed E-state index contributed by atoms with van der Waals surface area (Å²) in [7, 11) is 0. The SMILES string of the molecule is CSc1cc(C2CC2)cc(C(F)(F)F)c1. The Labute approximate surface area is 90.9 Å². The molecule has 0 amide bonds. The predicted octanol–water partition coefficient (Wildman–Crippen LogP) is 4.30. The van der Waals surface area contributed by atoms with Gasteiger partial charge in [0, 0.05) is 4.90 Å². The molecular formula is C11H11F3S. The van der Waals surface area contributed by atoms with Gasteiger partial charge in [0.05, 0.1) is 5.56 Å². The van der Waals surface area contributed by atoms with Gasteiger partial charge in [0.2, 0.25) is 0 Å². The Balaban J connectivity index is 2.41. The van der Waals surface area contributed by atoms with Crippen molar-refractivity contribution in [1.82, 2.24) is 0 Å². The van der Waals surface area contributed by atoms with E-state index in [0.717, 1.165) is 18.4 Å². The van der Waals surface area contributed by atoms with Gasteiger partial charge in [-0.05, 0) is 48.8 Å². The summed E-state index contributed by atoms with van der Waals surface area (Å²) in [5.74, 6) is 0.359. The minimum absolute atomic E-state index is 0.359. The molecule has 1 aromatic rings. The van der Waals surface area contributed by atoms with Crippen molar-refractivity contribution in [1.29, 1.82) is 0 Å². The summed E-state index contributed by atoms with van der Waals surface area (Å²) in [4.78, 5) is 0.701. The summed E-state index contributed by atoms with van der Waals surface area (Å²) in [6.45, 7) is 0. The monoisotopic (exact) mass is 232 g/mol. The average molecular weight is 232 g/mol. The molecule has 0 spiro atoms. The second kappa shape index (κ2) is 3.74. The Morgan fingerprint density at radius 3 is 2.33 bits per heavy atom. The van der Waals surface area contributed by atoms with Crippen molar-refractivity contribution in [3.63, 3.8) is 0 Å². The van der Waals surface area contributed by atoms with Crippen LogP contribution in [0.25, 0.3) is 0 Å². The highest BCUT2D eigenvalue weighted by atomic mass is 32.2. The number of hydrogen-bond acceptors (Lipinski definition) is 1. The van der Waals surface area contributed by atoms with Crippen molar-refractivity contribution >= 4 is 11.8 Å². The summed E-state index contributed by atoms with van der Waals surface area (Å²) in [5, 5.41) is 0. The first-order valence-corrected chi connectivity index (χ1v) is 5.99. The number of halogens is 3. The van der Waals surface area contributed by atoms with E-state index >= 15 is 0 Å². The highest BCUT2D eigenvalue weighted by Gasteiger charge is 2.33. The van der Waals surface area contributed by atoms with Crippen LogP contribution in [-0.4, -0.2) is 6.26 Å². The molecular weight excluding hydrogens is 221 g/mol. The molecule has 0 aliphatic heterocycles. The van der Waals surface area contributed by atoms with E-state index < -0.39 is 11.7 Å². The molecule has 82 valence electrons. The topological polar surface area (TPSA) is 0 Å². The fraction of sp³-hybridized carbons (Fsp3) is 0.455. The molecule has 0 atom stereocenters. The average Bonchev–Trinajstić information content (AvgIpc) is 2.99. The highest BCUT2D eigenvalue weighted by Crippen LogP contribution is 2.43. The van der Waals surface area contributed by atoms with Crippen molar-refractivity contribution in [3.05, 3.63) is 29.3 Å². The molecule has 1 saturated carbocycles. The van der Waals surface area contributed by atoms with Gasteiger partial charge in [-0.1, -0.05) is 0 Å². The molecule has 1 aliphatic carbocycles.